The van der Waals surface area contributed by atoms with Crippen LogP contribution in [0.15, 0.2) is 48.6 Å². The van der Waals surface area contributed by atoms with Gasteiger partial charge in [-0.1, -0.05) is 108 Å². The quantitative estimate of drug-likeness (QED) is 0.0285. The van der Waals surface area contributed by atoms with Gasteiger partial charge in [-0.25, -0.2) is 4.98 Å². The maximum atomic E-state index is 12.7. The molecule has 3 N–H and O–H groups in total. The second kappa shape index (κ2) is 33.9. The van der Waals surface area contributed by atoms with Crippen LogP contribution in [0.5, 0.6) is 5.75 Å². The van der Waals surface area contributed by atoms with Crippen LogP contribution in [0.4, 0.5) is 5.69 Å². The number of carboxylic acid groups (broad SMARTS) is 1. The number of halogens is 1. The Morgan fingerprint density at radius 1 is 0.657 bits per heavy atom. The summed E-state index contributed by atoms with van der Waals surface area (Å²) in [6.07, 6.45) is 21.8. The maximum absolute atomic E-state index is 12.7. The van der Waals surface area contributed by atoms with Gasteiger partial charge in [0.15, 0.2) is 0 Å². The van der Waals surface area contributed by atoms with E-state index >= 15 is 0 Å². The van der Waals surface area contributed by atoms with Crippen LogP contribution in [0.1, 0.15) is 151 Å². The highest BCUT2D eigenvalue weighted by atomic mass is 35.5. The molecule has 0 aliphatic rings. The summed E-state index contributed by atoms with van der Waals surface area (Å²) in [5.41, 5.74) is 2.61. The van der Waals surface area contributed by atoms with Gasteiger partial charge in [-0.05, 0) is 97.2 Å². The van der Waals surface area contributed by atoms with Crippen molar-refractivity contribution in [2.75, 3.05) is 52.1 Å². The van der Waals surface area contributed by atoms with Gasteiger partial charge in [0, 0.05) is 34.3 Å². The summed E-state index contributed by atoms with van der Waals surface area (Å²) in [5.74, 6) is -1.24. The van der Waals surface area contributed by atoms with E-state index < -0.39 is 11.9 Å². The molecule has 0 aliphatic heterocycles. The van der Waals surface area contributed by atoms with E-state index in [4.69, 9.17) is 45.0 Å². The van der Waals surface area contributed by atoms with E-state index in [9.17, 15) is 14.7 Å². The van der Waals surface area contributed by atoms with E-state index in [2.05, 4.69) is 30.6 Å². The molecule has 3 rings (SSSR count). The van der Waals surface area contributed by atoms with E-state index in [-0.39, 0.29) is 55.4 Å². The predicted molar refractivity (Wildman–Crippen MR) is 274 cm³/mol. The van der Waals surface area contributed by atoms with Crippen LogP contribution in [0.3, 0.4) is 0 Å². The molecule has 0 saturated carbocycles. The molecular weight excluding hydrogens is 870 g/mol. The molecule has 7 unspecified atom stereocenters. The van der Waals surface area contributed by atoms with Crippen molar-refractivity contribution < 1.29 is 43.1 Å². The highest BCUT2D eigenvalue weighted by molar-refractivity contribution is 6.31. The standard InChI is InChI=1S/C54H86ClN3O9/c1-9-10-11-12-13-14-15-16-17-18-19-20-21-22-23-24-25-45(54(60)61)30-52(59)56-40(3)34-64-42(5)36-66-44(7)38-67-43(6)37-65-41(4)35-63-33-39(2)57-53-48-28-26-46(55)31-51(48)58-50-29-27-47(62-8)32-49(50)53/h23-24,26-29,31-32,39-45H,9-22,25,30,33-38H2,1-8H3,(H,56,59)(H,57,58)(H,60,61)/b24-23+. The average molecular weight is 957 g/mol. The largest absolute Gasteiger partial charge is 0.497 e. The number of methoxy groups -OCH3 is 1. The highest BCUT2D eigenvalue weighted by Gasteiger charge is 2.22. The lowest BCUT2D eigenvalue weighted by Crippen LogP contribution is -2.38. The van der Waals surface area contributed by atoms with Crippen molar-refractivity contribution in [3.05, 3.63) is 53.6 Å². The third-order valence-electron chi connectivity index (χ3n) is 11.8. The number of rotatable bonds is 39. The highest BCUT2D eigenvalue weighted by Crippen LogP contribution is 2.34. The molecule has 378 valence electrons. The summed E-state index contributed by atoms with van der Waals surface area (Å²) in [6.45, 7) is 16.4. The Hall–Kier alpha value is -3.52. The number of fused-ring (bicyclic) bond motifs is 2. The number of anilines is 1. The van der Waals surface area contributed by atoms with Gasteiger partial charge in [0.2, 0.25) is 5.91 Å². The Labute approximate surface area is 407 Å². The number of benzene rings is 2. The van der Waals surface area contributed by atoms with Crippen LogP contribution in [0.25, 0.3) is 21.8 Å². The molecule has 2 aromatic carbocycles. The van der Waals surface area contributed by atoms with Crippen molar-refractivity contribution in [3.63, 3.8) is 0 Å². The van der Waals surface area contributed by atoms with Gasteiger partial charge in [0.1, 0.15) is 5.75 Å². The Morgan fingerprint density at radius 3 is 1.81 bits per heavy atom. The zero-order chi connectivity index (χ0) is 48.8. The van der Waals surface area contributed by atoms with Gasteiger partial charge in [0.05, 0.1) is 93.8 Å². The van der Waals surface area contributed by atoms with Crippen LogP contribution in [0, 0.1) is 5.92 Å². The smallest absolute Gasteiger partial charge is 0.307 e. The molecule has 1 heterocycles. The van der Waals surface area contributed by atoms with Gasteiger partial charge < -0.3 is 44.2 Å². The number of allylic oxidation sites excluding steroid dienone is 2. The van der Waals surface area contributed by atoms with E-state index in [1.807, 2.05) is 77.1 Å². The summed E-state index contributed by atoms with van der Waals surface area (Å²) in [5, 5.41) is 18.8. The first kappa shape index (κ1) is 57.8. The van der Waals surface area contributed by atoms with Crippen LogP contribution in [-0.4, -0.2) is 105 Å². The number of unbranched alkanes of at least 4 members (excludes halogenated alkanes) is 13. The Balaban J connectivity index is 1.21. The monoisotopic (exact) mass is 956 g/mol. The topological polar surface area (TPSA) is 147 Å². The number of nitrogens with zero attached hydrogens (tertiary/aromatic N) is 1. The maximum Gasteiger partial charge on any atom is 0.307 e. The van der Waals surface area contributed by atoms with E-state index in [0.717, 1.165) is 46.1 Å². The fraction of sp³-hybridized carbons (Fsp3) is 0.685. The second-order valence-electron chi connectivity index (χ2n) is 18.6. The number of aliphatic carboxylic acids is 1. The average Bonchev–Trinajstić information content (AvgIpc) is 3.30. The number of amides is 1. The molecule has 0 spiro atoms. The molecule has 3 aromatic rings. The van der Waals surface area contributed by atoms with Crippen molar-refractivity contribution in [3.8, 4) is 5.75 Å². The van der Waals surface area contributed by atoms with Crippen molar-refractivity contribution in [1.29, 1.82) is 0 Å². The number of ether oxygens (including phenoxy) is 6. The molecule has 12 nitrogen and oxygen atoms in total. The number of nitrogens with one attached hydrogen (secondary N) is 2. The van der Waals surface area contributed by atoms with Gasteiger partial charge in [0.25, 0.3) is 0 Å². The molecule has 0 aliphatic carbocycles. The fourth-order valence-corrected chi connectivity index (χ4v) is 7.97. The Kier molecular flexibility index (Phi) is 29.2. The van der Waals surface area contributed by atoms with Crippen molar-refractivity contribution >= 4 is 51.0 Å². The fourth-order valence-electron chi connectivity index (χ4n) is 7.81. The number of hydrogen-bond acceptors (Lipinski definition) is 10. The molecular formula is C54H86ClN3O9. The third kappa shape index (κ3) is 24.6. The molecule has 0 bridgehead atoms. The second-order valence-corrected chi connectivity index (χ2v) is 19.1. The number of aromatic nitrogens is 1. The molecule has 67 heavy (non-hydrogen) atoms. The van der Waals surface area contributed by atoms with Crippen LogP contribution in [-0.2, 0) is 33.3 Å². The van der Waals surface area contributed by atoms with Crippen molar-refractivity contribution in [2.45, 2.75) is 188 Å². The van der Waals surface area contributed by atoms with Gasteiger partial charge in [-0.2, -0.15) is 0 Å². The summed E-state index contributed by atoms with van der Waals surface area (Å²) in [6, 6.07) is 11.3. The first-order valence-corrected chi connectivity index (χ1v) is 25.7. The minimum absolute atomic E-state index is 0.00580. The molecule has 0 fully saturated rings. The van der Waals surface area contributed by atoms with Crippen LogP contribution in [0.2, 0.25) is 5.02 Å². The number of carboxylic acids is 1. The number of pyridine rings is 1. The molecule has 0 saturated heterocycles. The van der Waals surface area contributed by atoms with Crippen molar-refractivity contribution in [2.24, 2.45) is 5.92 Å². The number of carbonyl (C=O) groups is 2. The Bertz CT molecular complexity index is 1860. The normalized spacial score (nSPS) is 15.1. The lowest BCUT2D eigenvalue weighted by atomic mass is 10.00. The van der Waals surface area contributed by atoms with Gasteiger partial charge in [-0.15, -0.1) is 0 Å². The minimum atomic E-state index is -0.954. The molecule has 7 atom stereocenters. The molecule has 0 radical (unpaired) electrons. The van der Waals surface area contributed by atoms with Crippen LogP contribution >= 0.6 is 11.6 Å². The molecule has 13 heteroatoms. The summed E-state index contributed by atoms with van der Waals surface area (Å²) in [7, 11) is 1.65. The zero-order valence-corrected chi connectivity index (χ0v) is 43.0. The number of carbonyl (C=O) groups excluding carboxylic acids is 1. The molecule has 1 amide bonds. The molecule has 1 aromatic heterocycles. The first-order valence-electron chi connectivity index (χ1n) is 25.3. The minimum Gasteiger partial charge on any atom is -0.497 e. The third-order valence-corrected chi connectivity index (χ3v) is 12.0. The summed E-state index contributed by atoms with van der Waals surface area (Å²) in [4.78, 5) is 29.4. The zero-order valence-electron chi connectivity index (χ0n) is 42.3. The SMILES string of the molecule is CCCCCCCCCCCCCCC/C=C/CC(CC(=O)NC(C)COC(C)COC(C)COC(C)COC(C)COCC(C)Nc1c2ccc(Cl)cc2nc2ccc(OC)cc12)C(=O)O. The predicted octanol–water partition coefficient (Wildman–Crippen LogP) is 12.5. The van der Waals surface area contributed by atoms with Crippen LogP contribution < -0.4 is 15.4 Å². The van der Waals surface area contributed by atoms with Gasteiger partial charge in [-0.3, -0.25) is 9.59 Å². The van der Waals surface area contributed by atoms with Gasteiger partial charge >= 0.3 is 5.97 Å². The number of hydrogen-bond donors (Lipinski definition) is 3. The lowest BCUT2D eigenvalue weighted by molar-refractivity contribution is -0.144. The van der Waals surface area contributed by atoms with Crippen molar-refractivity contribution in [1.82, 2.24) is 10.3 Å². The van der Waals surface area contributed by atoms with E-state index in [1.54, 1.807) is 7.11 Å². The van der Waals surface area contributed by atoms with E-state index in [1.165, 1.54) is 77.0 Å². The lowest BCUT2D eigenvalue weighted by Gasteiger charge is -2.23. The summed E-state index contributed by atoms with van der Waals surface area (Å²) < 4.78 is 35.5. The summed E-state index contributed by atoms with van der Waals surface area (Å²) >= 11 is 6.30. The first-order chi connectivity index (χ1) is 32.3. The Morgan fingerprint density at radius 2 is 1.22 bits per heavy atom. The van der Waals surface area contributed by atoms with E-state index in [0.29, 0.717) is 44.5 Å².